The molecule has 6 amide bonds. The molecule has 0 spiro atoms. The molecular formula is C92H88N14O8. The molecule has 0 bridgehead atoms. The number of primary amides is 1. The zero-order valence-corrected chi connectivity index (χ0v) is 63.2. The third-order valence-corrected chi connectivity index (χ3v) is 21.9. The van der Waals surface area contributed by atoms with Crippen molar-refractivity contribution < 1.29 is 38.4 Å². The van der Waals surface area contributed by atoms with Gasteiger partial charge in [-0.1, -0.05) is 171 Å². The number of anilines is 2. The predicted octanol–water partition coefficient (Wildman–Crippen LogP) is 12.7. The van der Waals surface area contributed by atoms with E-state index in [-0.39, 0.29) is 76.8 Å². The van der Waals surface area contributed by atoms with Crippen LogP contribution in [-0.4, -0.2) is 99.6 Å². The second-order valence-electron chi connectivity index (χ2n) is 29.6. The second-order valence-corrected chi connectivity index (χ2v) is 29.6. The first-order chi connectivity index (χ1) is 55.6. The number of hydrogen-bond donors (Lipinski definition) is 10. The lowest BCUT2D eigenvalue weighted by Crippen LogP contribution is -2.53. The molecule has 14 aromatic rings. The van der Waals surface area contributed by atoms with Gasteiger partial charge in [0.1, 0.15) is 17.4 Å². The first-order valence-electron chi connectivity index (χ1n) is 38.9. The monoisotopic (exact) mass is 1520 g/mol. The number of Topliss-reactive ketones (excluding diaryl/α,β-unsaturated/α-hetero) is 2. The second kappa shape index (κ2) is 34.3. The van der Waals surface area contributed by atoms with Gasteiger partial charge in [-0.15, -0.1) is 0 Å². The molecule has 0 saturated carbocycles. The molecular weight excluding hydrogens is 1430 g/mol. The number of amides is 6. The number of hydrogen-bond acceptors (Lipinski definition) is 11. The number of aromatic nitrogens is 7. The van der Waals surface area contributed by atoms with Crippen LogP contribution < -0.4 is 37.6 Å². The molecule has 22 nitrogen and oxygen atoms in total. The standard InChI is InChI=1S/C92H88N14O8/c1-2-3-32-83-104-87-88(71-25-11-16-30-76(71)101-89(87)93)106(83)54-57-35-33-56(34-36-57)49-99-84(109)40-39-60(91(113)102-77(44-64-51-96-73-27-13-8-22-68(64)73)82(108)48-62(90(94)112)43-63-50-95-72-26-12-7-21-67(63)72)47-81(107)78(45-65-52-97-74-28-14-9-23-69(65)74)103-92(114)79(46-66-53-98-75-29-15-10-24-70(66)75)100-85(110)41-42-86(111)105-55-61-20-5-4-18-58(61)37-38-59-19-6-17-31-80(59)105/h4-31,33-36,50-53,60,62,77-79,95-98H,2-3,32,39-49,54-55H2,1H3,(H2,93,101)(H2,94,112)(H,99,109)(H,100,110)(H,102,113)(H,103,114)/t60-,62-,77+,78+,79+/m1/s1. The number of benzene rings is 8. The lowest BCUT2D eigenvalue weighted by molar-refractivity contribution is -0.135. The number of nitrogen functional groups attached to an aromatic ring is 1. The number of carbonyl (C=O) groups is 8. The molecule has 15 rings (SSSR count). The maximum absolute atomic E-state index is 15.9. The molecule has 8 aromatic carbocycles. The fourth-order valence-electron chi connectivity index (χ4n) is 15.7. The van der Waals surface area contributed by atoms with E-state index in [1.807, 2.05) is 194 Å². The number of aryl methyl sites for hydroxylation is 1. The van der Waals surface area contributed by atoms with Crippen molar-refractivity contribution in [2.45, 2.75) is 128 Å². The van der Waals surface area contributed by atoms with E-state index in [0.717, 1.165) is 113 Å². The number of imidazole rings is 1. The van der Waals surface area contributed by atoms with E-state index in [4.69, 9.17) is 16.5 Å². The summed E-state index contributed by atoms with van der Waals surface area (Å²) in [6.45, 7) is 2.98. The van der Waals surface area contributed by atoms with E-state index in [1.54, 1.807) is 29.7 Å². The number of nitrogens with zero attached hydrogens (tertiary/aromatic N) is 4. The Hall–Kier alpha value is -13.7. The molecule has 114 heavy (non-hydrogen) atoms. The van der Waals surface area contributed by atoms with Crippen LogP contribution in [0.1, 0.15) is 114 Å². The Bertz CT molecular complexity index is 6050. The number of pyridine rings is 1. The average Bonchev–Trinajstić information content (AvgIpc) is 1.58. The molecule has 12 N–H and O–H groups in total. The Morgan fingerprint density at radius 1 is 0.500 bits per heavy atom. The van der Waals surface area contributed by atoms with Crippen molar-refractivity contribution in [3.05, 3.63) is 275 Å². The van der Waals surface area contributed by atoms with Crippen molar-refractivity contribution >= 4 is 124 Å². The highest BCUT2D eigenvalue weighted by atomic mass is 16.2. The van der Waals surface area contributed by atoms with Crippen LogP contribution in [0.2, 0.25) is 0 Å². The lowest BCUT2D eigenvalue weighted by atomic mass is 9.88. The number of nitrogens with two attached hydrogens (primary N) is 2. The molecule has 1 aliphatic heterocycles. The maximum atomic E-state index is 15.9. The van der Waals surface area contributed by atoms with Crippen LogP contribution in [-0.2, 0) is 90.1 Å². The van der Waals surface area contributed by atoms with Crippen LogP contribution in [0.25, 0.3) is 65.5 Å². The summed E-state index contributed by atoms with van der Waals surface area (Å²) in [5.74, 6) is 0.875. The van der Waals surface area contributed by atoms with Gasteiger partial charge in [0, 0.05) is 168 Å². The van der Waals surface area contributed by atoms with Gasteiger partial charge in [-0.05, 0) is 107 Å². The topological polar surface area (TPSA) is 334 Å². The Labute approximate surface area is 657 Å². The van der Waals surface area contributed by atoms with Gasteiger partial charge >= 0.3 is 0 Å². The number of aromatic amines is 4. The minimum absolute atomic E-state index is 0.0259. The summed E-state index contributed by atoms with van der Waals surface area (Å²) in [6.07, 6.45) is 7.91. The summed E-state index contributed by atoms with van der Waals surface area (Å²) < 4.78 is 2.22. The fourth-order valence-corrected chi connectivity index (χ4v) is 15.7. The number of unbranched alkanes of at least 4 members (excludes halogenated alkanes) is 1. The fraction of sp³-hybridized carbons (Fsp3) is 0.239. The van der Waals surface area contributed by atoms with Crippen LogP contribution in [0.3, 0.4) is 0 Å². The molecule has 0 unspecified atom stereocenters. The van der Waals surface area contributed by atoms with E-state index >= 15 is 19.2 Å². The van der Waals surface area contributed by atoms with Crippen molar-refractivity contribution in [1.82, 2.24) is 55.7 Å². The van der Waals surface area contributed by atoms with Crippen LogP contribution >= 0.6 is 0 Å². The molecule has 6 aromatic heterocycles. The highest BCUT2D eigenvalue weighted by Gasteiger charge is 2.36. The number of carbonyl (C=O) groups excluding carboxylic acids is 8. The summed E-state index contributed by atoms with van der Waals surface area (Å²) in [5, 5.41) is 16.3. The van der Waals surface area contributed by atoms with Gasteiger partial charge in [0.05, 0.1) is 35.3 Å². The summed E-state index contributed by atoms with van der Waals surface area (Å²) in [4.78, 5) is 144. The molecule has 1 aliphatic rings. The minimum Gasteiger partial charge on any atom is -0.382 e. The third-order valence-electron chi connectivity index (χ3n) is 21.9. The molecule has 22 heteroatoms. The summed E-state index contributed by atoms with van der Waals surface area (Å²) in [7, 11) is 0. The van der Waals surface area contributed by atoms with Crippen molar-refractivity contribution in [3.63, 3.8) is 0 Å². The number of fused-ring (bicyclic) bond motifs is 9. The van der Waals surface area contributed by atoms with E-state index in [9.17, 15) is 19.2 Å². The van der Waals surface area contributed by atoms with Crippen LogP contribution in [0.15, 0.2) is 219 Å². The van der Waals surface area contributed by atoms with Crippen molar-refractivity contribution in [3.8, 4) is 11.8 Å². The van der Waals surface area contributed by atoms with E-state index in [0.29, 0.717) is 45.8 Å². The van der Waals surface area contributed by atoms with Crippen molar-refractivity contribution in [1.29, 1.82) is 0 Å². The quantitative estimate of drug-likeness (QED) is 0.0172. The summed E-state index contributed by atoms with van der Waals surface area (Å²) >= 11 is 0. The highest BCUT2D eigenvalue weighted by molar-refractivity contribution is 6.07. The number of H-pyrrole nitrogens is 4. The van der Waals surface area contributed by atoms with E-state index in [1.165, 1.54) is 0 Å². The zero-order valence-electron chi connectivity index (χ0n) is 63.2. The molecule has 7 heterocycles. The number of para-hydroxylation sites is 6. The number of ketones is 2. The predicted molar refractivity (Wildman–Crippen MR) is 443 cm³/mol. The van der Waals surface area contributed by atoms with Crippen LogP contribution in [0, 0.1) is 23.7 Å². The Morgan fingerprint density at radius 2 is 1.00 bits per heavy atom. The van der Waals surface area contributed by atoms with Crippen molar-refractivity contribution in [2.75, 3.05) is 10.6 Å². The van der Waals surface area contributed by atoms with Crippen LogP contribution in [0.5, 0.6) is 0 Å². The van der Waals surface area contributed by atoms with E-state index < -0.39 is 77.5 Å². The van der Waals surface area contributed by atoms with Gasteiger partial charge < -0.3 is 62.1 Å². The Morgan fingerprint density at radius 3 is 1.60 bits per heavy atom. The lowest BCUT2D eigenvalue weighted by Gasteiger charge is -2.27. The number of nitrogens with one attached hydrogen (secondary N) is 8. The minimum atomic E-state index is -1.36. The van der Waals surface area contributed by atoms with Crippen molar-refractivity contribution in [2.24, 2.45) is 17.6 Å². The Kier molecular flexibility index (Phi) is 22.8. The third kappa shape index (κ3) is 17.1. The van der Waals surface area contributed by atoms with E-state index in [2.05, 4.69) is 69.5 Å². The smallest absolute Gasteiger partial charge is 0.243 e. The summed E-state index contributed by atoms with van der Waals surface area (Å²) in [6, 6.07) is 57.0. The normalized spacial score (nSPS) is 13.3. The van der Waals surface area contributed by atoms with Gasteiger partial charge in [-0.2, -0.15) is 0 Å². The molecule has 5 atom stereocenters. The first-order valence-corrected chi connectivity index (χ1v) is 38.9. The summed E-state index contributed by atoms with van der Waals surface area (Å²) in [5.41, 5.74) is 25.7. The number of rotatable bonds is 33. The maximum Gasteiger partial charge on any atom is 0.243 e. The molecule has 0 radical (unpaired) electrons. The molecule has 0 fully saturated rings. The largest absolute Gasteiger partial charge is 0.382 e. The van der Waals surface area contributed by atoms with Gasteiger partial charge in [-0.25, -0.2) is 9.97 Å². The molecule has 0 saturated heterocycles. The van der Waals surface area contributed by atoms with Gasteiger partial charge in [0.2, 0.25) is 35.4 Å². The highest BCUT2D eigenvalue weighted by Crippen LogP contribution is 2.33. The van der Waals surface area contributed by atoms with Gasteiger partial charge in [0.15, 0.2) is 17.4 Å². The average molecular weight is 1520 g/mol. The van der Waals surface area contributed by atoms with Crippen LogP contribution in [0.4, 0.5) is 11.5 Å². The molecule has 0 aliphatic carbocycles. The zero-order chi connectivity index (χ0) is 78.8. The van der Waals surface area contributed by atoms with Gasteiger partial charge in [0.25, 0.3) is 0 Å². The SMILES string of the molecule is CCCCc1nc2c(N)nc3ccccc3c2n1Cc1ccc(CNC(=O)CC[C@H](CC(=O)[C@H](Cc2c[nH]c3ccccc23)NC(=O)[C@H](Cc2c[nH]c3ccccc23)NC(=O)CCC(=O)N2Cc3ccccc3C#Cc3ccccc32)C(=O)N[C@@H](Cc2c[nH]c3ccccc23)C(=O)C[C@@H](Cc2c[nH]c3ccccc23)C(N)=O)cc1. The first kappa shape index (κ1) is 75.7. The molecule has 574 valence electrons. The Balaban J connectivity index is 0.714. The van der Waals surface area contributed by atoms with Gasteiger partial charge in [-0.3, -0.25) is 38.4 Å².